The molecule has 2 aromatic rings. The van der Waals surface area contributed by atoms with E-state index in [1.807, 2.05) is 49.4 Å². The maximum Gasteiger partial charge on any atom is 0.242 e. The zero-order valence-electron chi connectivity index (χ0n) is 16.2. The van der Waals surface area contributed by atoms with E-state index in [1.165, 1.54) is 11.8 Å². The van der Waals surface area contributed by atoms with Crippen molar-refractivity contribution >= 4 is 29.1 Å². The van der Waals surface area contributed by atoms with Gasteiger partial charge in [0.25, 0.3) is 0 Å². The number of amides is 1. The summed E-state index contributed by atoms with van der Waals surface area (Å²) in [4.78, 5) is 14.4. The summed E-state index contributed by atoms with van der Waals surface area (Å²) in [5.41, 5.74) is 1.84. The monoisotopic (exact) mass is 397 g/mol. The molecule has 0 N–H and O–H groups in total. The van der Waals surface area contributed by atoms with Gasteiger partial charge in [-0.1, -0.05) is 49.0 Å². The summed E-state index contributed by atoms with van der Waals surface area (Å²) >= 11 is 1.46. The molecule has 1 heterocycles. The number of carbonyl (C=O) groups excluding carboxylic acids is 1. The highest BCUT2D eigenvalue weighted by Crippen LogP contribution is 2.31. The van der Waals surface area contributed by atoms with Gasteiger partial charge < -0.3 is 9.47 Å². The minimum atomic E-state index is -0.117. The van der Waals surface area contributed by atoms with Crippen LogP contribution in [-0.4, -0.2) is 41.7 Å². The largest absolute Gasteiger partial charge is 0.497 e. The Kier molecular flexibility index (Phi) is 6.71. The number of ether oxygens (including phenoxy) is 2. The average molecular weight is 398 g/mol. The van der Waals surface area contributed by atoms with Crippen molar-refractivity contribution in [3.63, 3.8) is 0 Å². The van der Waals surface area contributed by atoms with E-state index in [1.54, 1.807) is 31.4 Å². The molecule has 3 rings (SSSR count). The van der Waals surface area contributed by atoms with E-state index >= 15 is 0 Å². The summed E-state index contributed by atoms with van der Waals surface area (Å²) in [5, 5.41) is 9.04. The van der Waals surface area contributed by atoms with Crippen LogP contribution in [0.2, 0.25) is 0 Å². The molecule has 0 radical (unpaired) electrons. The summed E-state index contributed by atoms with van der Waals surface area (Å²) in [6, 6.07) is 15.4. The van der Waals surface area contributed by atoms with E-state index in [2.05, 4.69) is 10.2 Å². The van der Waals surface area contributed by atoms with Crippen LogP contribution >= 0.6 is 11.8 Å². The topological polar surface area (TPSA) is 63.5 Å². The SMILES string of the molecule is CC[C@H]1S/C(=N/N=C\c2ccc(OC)cc2OC)N(Cc2ccccc2)C1=O. The van der Waals surface area contributed by atoms with Gasteiger partial charge in [-0.15, -0.1) is 5.10 Å². The Balaban J connectivity index is 1.82. The first-order chi connectivity index (χ1) is 13.7. The minimum Gasteiger partial charge on any atom is -0.497 e. The van der Waals surface area contributed by atoms with Crippen LogP contribution in [0.3, 0.4) is 0 Å². The van der Waals surface area contributed by atoms with Gasteiger partial charge >= 0.3 is 0 Å². The van der Waals surface area contributed by atoms with Gasteiger partial charge in [0, 0.05) is 11.6 Å². The molecule has 1 aliphatic heterocycles. The minimum absolute atomic E-state index is 0.0762. The molecule has 28 heavy (non-hydrogen) atoms. The fourth-order valence-corrected chi connectivity index (χ4v) is 3.85. The molecule has 1 saturated heterocycles. The molecule has 1 fully saturated rings. The fraction of sp³-hybridized carbons (Fsp3) is 0.286. The van der Waals surface area contributed by atoms with Crippen LogP contribution < -0.4 is 9.47 Å². The third-order valence-corrected chi connectivity index (χ3v) is 5.69. The molecule has 2 aromatic carbocycles. The highest BCUT2D eigenvalue weighted by atomic mass is 32.2. The molecule has 0 spiro atoms. The molecular weight excluding hydrogens is 374 g/mol. The van der Waals surface area contributed by atoms with Crippen molar-refractivity contribution in [3.05, 3.63) is 59.7 Å². The number of hydrogen-bond acceptors (Lipinski definition) is 6. The van der Waals surface area contributed by atoms with Gasteiger partial charge in [-0.2, -0.15) is 5.10 Å². The Morgan fingerprint density at radius 2 is 1.93 bits per heavy atom. The maximum atomic E-state index is 12.7. The predicted molar refractivity (Wildman–Crippen MR) is 113 cm³/mol. The Hall–Kier alpha value is -2.80. The summed E-state index contributed by atoms with van der Waals surface area (Å²) in [5.74, 6) is 1.43. The first kappa shape index (κ1) is 19.9. The van der Waals surface area contributed by atoms with Crippen molar-refractivity contribution < 1.29 is 14.3 Å². The lowest BCUT2D eigenvalue weighted by Gasteiger charge is -2.15. The zero-order valence-corrected chi connectivity index (χ0v) is 17.0. The van der Waals surface area contributed by atoms with Gasteiger partial charge in [0.2, 0.25) is 5.91 Å². The number of rotatable bonds is 7. The second-order valence-electron chi connectivity index (χ2n) is 6.16. The van der Waals surface area contributed by atoms with E-state index in [-0.39, 0.29) is 11.2 Å². The lowest BCUT2D eigenvalue weighted by Crippen LogP contribution is -2.31. The summed E-state index contributed by atoms with van der Waals surface area (Å²) in [6.07, 6.45) is 2.38. The fourth-order valence-electron chi connectivity index (χ4n) is 2.82. The Morgan fingerprint density at radius 1 is 1.14 bits per heavy atom. The maximum absolute atomic E-state index is 12.7. The van der Waals surface area contributed by atoms with Crippen LogP contribution in [0.25, 0.3) is 0 Å². The second-order valence-corrected chi connectivity index (χ2v) is 7.33. The van der Waals surface area contributed by atoms with Crippen LogP contribution in [0.4, 0.5) is 0 Å². The van der Waals surface area contributed by atoms with Crippen LogP contribution in [-0.2, 0) is 11.3 Å². The number of hydrogen-bond donors (Lipinski definition) is 0. The normalized spacial score (nSPS) is 18.2. The van der Waals surface area contributed by atoms with E-state index < -0.39 is 0 Å². The Morgan fingerprint density at radius 3 is 2.61 bits per heavy atom. The van der Waals surface area contributed by atoms with Crippen molar-refractivity contribution in [1.29, 1.82) is 0 Å². The zero-order chi connectivity index (χ0) is 19.9. The smallest absolute Gasteiger partial charge is 0.242 e. The number of nitrogens with zero attached hydrogens (tertiary/aromatic N) is 3. The summed E-state index contributed by atoms with van der Waals surface area (Å²) < 4.78 is 10.6. The third kappa shape index (κ3) is 4.54. The van der Waals surface area contributed by atoms with Gasteiger partial charge in [-0.25, -0.2) is 0 Å². The molecular formula is C21H23N3O3S. The van der Waals surface area contributed by atoms with E-state index in [0.29, 0.717) is 23.2 Å². The summed E-state index contributed by atoms with van der Waals surface area (Å²) in [7, 11) is 3.20. The standard InChI is InChI=1S/C21H23N3O3S/c1-4-19-20(25)24(14-15-8-6-5-7-9-15)21(28-19)23-22-13-16-10-11-17(26-2)12-18(16)27-3/h5-13,19H,4,14H2,1-3H3/b22-13-,23-21+/t19-/m1/s1. The number of methoxy groups -OCH3 is 2. The van der Waals surface area contributed by atoms with Crippen LogP contribution in [0.15, 0.2) is 58.7 Å². The molecule has 7 heteroatoms. The molecule has 1 atom stereocenters. The van der Waals surface area contributed by atoms with Crippen molar-refractivity contribution in [2.45, 2.75) is 25.1 Å². The molecule has 0 bridgehead atoms. The van der Waals surface area contributed by atoms with Crippen LogP contribution in [0.5, 0.6) is 11.5 Å². The van der Waals surface area contributed by atoms with Crippen molar-refractivity contribution in [1.82, 2.24) is 4.90 Å². The third-order valence-electron chi connectivity index (χ3n) is 4.36. The molecule has 6 nitrogen and oxygen atoms in total. The number of thioether (sulfide) groups is 1. The van der Waals surface area contributed by atoms with Crippen molar-refractivity contribution in [2.24, 2.45) is 10.2 Å². The van der Waals surface area contributed by atoms with Gasteiger partial charge in [0.05, 0.1) is 32.2 Å². The molecule has 0 aliphatic carbocycles. The van der Waals surface area contributed by atoms with Gasteiger partial charge in [0.15, 0.2) is 5.17 Å². The van der Waals surface area contributed by atoms with Crippen molar-refractivity contribution in [3.8, 4) is 11.5 Å². The van der Waals surface area contributed by atoms with E-state index in [9.17, 15) is 4.79 Å². The summed E-state index contributed by atoms with van der Waals surface area (Å²) in [6.45, 7) is 2.49. The Bertz CT molecular complexity index is 884. The second kappa shape index (κ2) is 9.41. The molecule has 1 amide bonds. The van der Waals surface area contributed by atoms with E-state index in [0.717, 1.165) is 17.5 Å². The Labute approximate surface area is 169 Å². The van der Waals surface area contributed by atoms with E-state index in [4.69, 9.17) is 9.47 Å². The first-order valence-corrected chi connectivity index (χ1v) is 9.89. The molecule has 0 unspecified atom stereocenters. The molecule has 1 aliphatic rings. The molecule has 146 valence electrons. The number of amidine groups is 1. The van der Waals surface area contributed by atoms with Crippen LogP contribution in [0, 0.1) is 0 Å². The highest BCUT2D eigenvalue weighted by Gasteiger charge is 2.36. The predicted octanol–water partition coefficient (Wildman–Crippen LogP) is 3.95. The lowest BCUT2D eigenvalue weighted by molar-refractivity contribution is -0.126. The molecule has 0 saturated carbocycles. The van der Waals surface area contributed by atoms with Crippen molar-refractivity contribution in [2.75, 3.05) is 14.2 Å². The number of benzene rings is 2. The average Bonchev–Trinajstić information content (AvgIpc) is 3.03. The number of carbonyl (C=O) groups is 1. The van der Waals surface area contributed by atoms with Gasteiger partial charge in [-0.3, -0.25) is 9.69 Å². The first-order valence-electron chi connectivity index (χ1n) is 9.01. The lowest BCUT2D eigenvalue weighted by atomic mass is 10.2. The quantitative estimate of drug-likeness (QED) is 0.524. The molecule has 0 aromatic heterocycles. The van der Waals surface area contributed by atoms with Gasteiger partial charge in [-0.05, 0) is 24.1 Å². The highest BCUT2D eigenvalue weighted by molar-refractivity contribution is 8.15. The van der Waals surface area contributed by atoms with Gasteiger partial charge in [0.1, 0.15) is 11.5 Å². The van der Waals surface area contributed by atoms with Crippen LogP contribution in [0.1, 0.15) is 24.5 Å².